The van der Waals surface area contributed by atoms with Crippen LogP contribution in [0.2, 0.25) is 0 Å². The van der Waals surface area contributed by atoms with E-state index >= 15 is 0 Å². The van der Waals surface area contributed by atoms with Gasteiger partial charge in [-0.2, -0.15) is 0 Å². The van der Waals surface area contributed by atoms with Crippen molar-refractivity contribution in [2.75, 3.05) is 0 Å². The van der Waals surface area contributed by atoms with Crippen molar-refractivity contribution >= 4 is 11.9 Å². The molecule has 0 amide bonds. The standard InChI is InChI=1S/C13H20NO4/c1-5-8-7-13(8,11(16)17)9(14)6-10(15)18-12(2,3)4/h5-6,8-9H,1,7,14H2,2-4H3,(H,16,17). The third-order valence-electron chi connectivity index (χ3n) is 3.06. The lowest BCUT2D eigenvalue weighted by atomic mass is 9.91. The van der Waals surface area contributed by atoms with Crippen LogP contribution < -0.4 is 5.73 Å². The Morgan fingerprint density at radius 2 is 2.11 bits per heavy atom. The molecule has 101 valence electrons. The maximum Gasteiger partial charge on any atom is 0.312 e. The monoisotopic (exact) mass is 254 g/mol. The van der Waals surface area contributed by atoms with E-state index in [1.165, 1.54) is 0 Å². The van der Waals surface area contributed by atoms with E-state index in [0.29, 0.717) is 6.42 Å². The van der Waals surface area contributed by atoms with Crippen LogP contribution in [0, 0.1) is 17.8 Å². The zero-order valence-electron chi connectivity index (χ0n) is 11.0. The van der Waals surface area contributed by atoms with E-state index in [1.54, 1.807) is 26.8 Å². The molecule has 0 bridgehead atoms. The van der Waals surface area contributed by atoms with Gasteiger partial charge in [-0.25, -0.2) is 0 Å². The number of carboxylic acids is 1. The largest absolute Gasteiger partial charge is 0.481 e. The highest BCUT2D eigenvalue weighted by Gasteiger charge is 2.63. The summed E-state index contributed by atoms with van der Waals surface area (Å²) in [7, 11) is 0. The van der Waals surface area contributed by atoms with E-state index in [2.05, 4.69) is 6.58 Å². The molecule has 3 N–H and O–H groups in total. The quantitative estimate of drug-likeness (QED) is 0.567. The molecule has 5 heteroatoms. The molecular formula is C13H20NO4. The highest BCUT2D eigenvalue weighted by molar-refractivity contribution is 5.86. The Morgan fingerprint density at radius 1 is 1.56 bits per heavy atom. The molecule has 0 aromatic rings. The van der Waals surface area contributed by atoms with Gasteiger partial charge in [0.1, 0.15) is 5.60 Å². The lowest BCUT2D eigenvalue weighted by Crippen LogP contribution is -2.42. The first-order chi connectivity index (χ1) is 8.13. The SMILES string of the molecule is C=CC1CC1(C(=O)O)C(N)[CH]C(=O)OC(C)(C)C. The fraction of sp³-hybridized carbons (Fsp3) is 0.615. The van der Waals surface area contributed by atoms with Gasteiger partial charge in [0.2, 0.25) is 0 Å². The summed E-state index contributed by atoms with van der Waals surface area (Å²) in [6.45, 7) is 8.78. The van der Waals surface area contributed by atoms with Crippen LogP contribution in [0.5, 0.6) is 0 Å². The minimum atomic E-state index is -1.10. The Kier molecular flexibility index (Phi) is 3.86. The van der Waals surface area contributed by atoms with Gasteiger partial charge in [0, 0.05) is 6.04 Å². The number of allylic oxidation sites excluding steroid dienone is 1. The number of rotatable bonds is 5. The topological polar surface area (TPSA) is 89.6 Å². The second-order valence-electron chi connectivity index (χ2n) is 5.62. The number of carbonyl (C=O) groups is 2. The van der Waals surface area contributed by atoms with E-state index in [0.717, 1.165) is 6.42 Å². The van der Waals surface area contributed by atoms with Crippen molar-refractivity contribution in [1.82, 2.24) is 0 Å². The number of aliphatic carboxylic acids is 1. The molecule has 0 aromatic carbocycles. The van der Waals surface area contributed by atoms with Crippen LogP contribution in [0.15, 0.2) is 12.7 Å². The number of carbonyl (C=O) groups excluding carboxylic acids is 1. The predicted octanol–water partition coefficient (Wildman–Crippen LogP) is 1.14. The van der Waals surface area contributed by atoms with Crippen LogP contribution in [-0.2, 0) is 14.3 Å². The van der Waals surface area contributed by atoms with Crippen molar-refractivity contribution in [3.63, 3.8) is 0 Å². The number of ether oxygens (including phenoxy) is 1. The fourth-order valence-electron chi connectivity index (χ4n) is 2.00. The Morgan fingerprint density at radius 3 is 2.44 bits per heavy atom. The van der Waals surface area contributed by atoms with Gasteiger partial charge in [0.25, 0.3) is 0 Å². The van der Waals surface area contributed by atoms with Crippen molar-refractivity contribution in [3.05, 3.63) is 19.1 Å². The molecule has 1 aliphatic carbocycles. The summed E-state index contributed by atoms with van der Waals surface area (Å²) in [6.07, 6.45) is 3.12. The van der Waals surface area contributed by atoms with E-state index in [1.807, 2.05) is 0 Å². The Bertz CT molecular complexity index is 372. The first kappa shape index (κ1) is 14.7. The van der Waals surface area contributed by atoms with Gasteiger partial charge in [0.05, 0.1) is 11.8 Å². The Balaban J connectivity index is 2.65. The minimum absolute atomic E-state index is 0.191. The summed E-state index contributed by atoms with van der Waals surface area (Å²) in [5, 5.41) is 9.22. The van der Waals surface area contributed by atoms with Gasteiger partial charge in [-0.3, -0.25) is 9.59 Å². The normalized spacial score (nSPS) is 28.3. The number of esters is 1. The third-order valence-corrected chi connectivity index (χ3v) is 3.06. The van der Waals surface area contributed by atoms with Crippen LogP contribution in [0.25, 0.3) is 0 Å². The number of nitrogens with two attached hydrogens (primary N) is 1. The van der Waals surface area contributed by atoms with Gasteiger partial charge >= 0.3 is 11.9 Å². The summed E-state index contributed by atoms with van der Waals surface area (Å²) in [6, 6.07) is -0.868. The molecule has 1 fully saturated rings. The van der Waals surface area contributed by atoms with Gasteiger partial charge < -0.3 is 15.6 Å². The first-order valence-electron chi connectivity index (χ1n) is 5.83. The Hall–Kier alpha value is -1.36. The molecule has 3 atom stereocenters. The van der Waals surface area contributed by atoms with Crippen molar-refractivity contribution in [1.29, 1.82) is 0 Å². The molecule has 1 aliphatic rings. The molecule has 0 spiro atoms. The number of hydrogen-bond acceptors (Lipinski definition) is 4. The molecule has 3 unspecified atom stereocenters. The van der Waals surface area contributed by atoms with Crippen molar-refractivity contribution < 1.29 is 19.4 Å². The molecule has 1 saturated carbocycles. The van der Waals surface area contributed by atoms with Gasteiger partial charge in [-0.15, -0.1) is 6.58 Å². The molecule has 1 rings (SSSR count). The number of carboxylic acid groups (broad SMARTS) is 1. The molecule has 18 heavy (non-hydrogen) atoms. The second kappa shape index (κ2) is 4.72. The van der Waals surface area contributed by atoms with Crippen molar-refractivity contribution in [2.45, 2.75) is 38.8 Å². The van der Waals surface area contributed by atoms with Crippen LogP contribution >= 0.6 is 0 Å². The summed E-state index contributed by atoms with van der Waals surface area (Å²) in [4.78, 5) is 22.8. The van der Waals surface area contributed by atoms with E-state index in [4.69, 9.17) is 10.5 Å². The molecule has 0 saturated heterocycles. The van der Waals surface area contributed by atoms with E-state index in [-0.39, 0.29) is 5.92 Å². The minimum Gasteiger partial charge on any atom is -0.481 e. The lowest BCUT2D eigenvalue weighted by molar-refractivity contribution is -0.151. The zero-order valence-corrected chi connectivity index (χ0v) is 11.0. The smallest absolute Gasteiger partial charge is 0.312 e. The average molecular weight is 254 g/mol. The molecule has 0 aliphatic heterocycles. The lowest BCUT2D eigenvalue weighted by Gasteiger charge is -2.23. The summed E-state index contributed by atoms with van der Waals surface area (Å²) < 4.78 is 5.09. The summed E-state index contributed by atoms with van der Waals surface area (Å²) in [5.41, 5.74) is 4.10. The van der Waals surface area contributed by atoms with Crippen LogP contribution in [0.3, 0.4) is 0 Å². The summed E-state index contributed by atoms with van der Waals surface area (Å²) >= 11 is 0. The first-order valence-corrected chi connectivity index (χ1v) is 5.83. The van der Waals surface area contributed by atoms with Crippen LogP contribution in [-0.4, -0.2) is 28.7 Å². The van der Waals surface area contributed by atoms with Crippen molar-refractivity contribution in [2.24, 2.45) is 17.1 Å². The summed E-state index contributed by atoms with van der Waals surface area (Å²) in [5.74, 6) is -1.78. The number of hydrogen-bond donors (Lipinski definition) is 2. The highest BCUT2D eigenvalue weighted by Crippen LogP contribution is 2.56. The predicted molar refractivity (Wildman–Crippen MR) is 66.5 cm³/mol. The average Bonchev–Trinajstić information content (AvgIpc) is 2.89. The van der Waals surface area contributed by atoms with E-state index < -0.39 is 29.0 Å². The van der Waals surface area contributed by atoms with E-state index in [9.17, 15) is 14.7 Å². The van der Waals surface area contributed by atoms with Crippen LogP contribution in [0.1, 0.15) is 27.2 Å². The maximum absolute atomic E-state index is 11.6. The van der Waals surface area contributed by atoms with Gasteiger partial charge in [-0.1, -0.05) is 6.08 Å². The molecule has 1 radical (unpaired) electrons. The molecule has 0 heterocycles. The van der Waals surface area contributed by atoms with Crippen LogP contribution in [0.4, 0.5) is 0 Å². The Labute approximate surface area is 107 Å². The zero-order chi connectivity index (χ0) is 14.1. The molecule has 5 nitrogen and oxygen atoms in total. The highest BCUT2D eigenvalue weighted by atomic mass is 16.6. The fourth-order valence-corrected chi connectivity index (χ4v) is 2.00. The molecule has 0 aromatic heterocycles. The second-order valence-corrected chi connectivity index (χ2v) is 5.62. The maximum atomic E-state index is 11.6. The third kappa shape index (κ3) is 2.90. The molecular weight excluding hydrogens is 234 g/mol. The van der Waals surface area contributed by atoms with Gasteiger partial charge in [0.15, 0.2) is 0 Å². The van der Waals surface area contributed by atoms with Crippen molar-refractivity contribution in [3.8, 4) is 0 Å². The van der Waals surface area contributed by atoms with Gasteiger partial charge in [-0.05, 0) is 33.1 Å².